The maximum absolute atomic E-state index is 11.6. The fourth-order valence-electron chi connectivity index (χ4n) is 1.79. The first-order valence-electron chi connectivity index (χ1n) is 6.83. The third-order valence-electron chi connectivity index (χ3n) is 3.10. The Kier molecular flexibility index (Phi) is 6.76. The smallest absolute Gasteiger partial charge is 0.332 e. The monoisotopic (exact) mass is 281 g/mol. The van der Waals surface area contributed by atoms with Crippen molar-refractivity contribution in [3.8, 4) is 0 Å². The highest BCUT2D eigenvalue weighted by Gasteiger charge is 2.24. The van der Waals surface area contributed by atoms with Crippen molar-refractivity contribution in [3.05, 3.63) is 30.3 Å². The van der Waals surface area contributed by atoms with E-state index in [1.54, 1.807) is 6.92 Å². The Morgan fingerprint density at radius 1 is 1.16 bits per heavy atom. The molecule has 0 radical (unpaired) electrons. The molecule has 106 valence electrons. The lowest BCUT2D eigenvalue weighted by Gasteiger charge is -2.14. The fourth-order valence-corrected chi connectivity index (χ4v) is 2.96. The largest absolute Gasteiger partial charge is 0.411 e. The summed E-state index contributed by atoms with van der Waals surface area (Å²) < 4.78 is 0. The van der Waals surface area contributed by atoms with Crippen LogP contribution in [0.2, 0.25) is 12.1 Å². The molecule has 0 saturated carbocycles. The molecule has 4 nitrogen and oxygen atoms in total. The summed E-state index contributed by atoms with van der Waals surface area (Å²) in [5.41, 5.74) is 0.815. The molecule has 1 aromatic rings. The van der Waals surface area contributed by atoms with Crippen LogP contribution in [0.4, 0.5) is 5.69 Å². The number of amides is 1. The van der Waals surface area contributed by atoms with Gasteiger partial charge in [-0.25, -0.2) is 0 Å². The number of nitrogens with one attached hydrogen (secondary N) is 1. The molecular weight excluding hydrogens is 258 g/mol. The van der Waals surface area contributed by atoms with Gasteiger partial charge in [-0.15, -0.1) is 0 Å². The average Bonchev–Trinajstić information content (AvgIpc) is 2.39. The lowest BCUT2D eigenvalue weighted by atomic mass is 10.2. The van der Waals surface area contributed by atoms with Crippen molar-refractivity contribution in [2.45, 2.75) is 44.7 Å². The van der Waals surface area contributed by atoms with Crippen molar-refractivity contribution in [1.82, 2.24) is 0 Å². The molecule has 5 heteroatoms. The summed E-state index contributed by atoms with van der Waals surface area (Å²) in [5.74, 6) is 0.0122. The summed E-state index contributed by atoms with van der Waals surface area (Å²) in [6.45, 7) is 1.81. The Labute approximate surface area is 115 Å². The molecule has 0 aliphatic rings. The van der Waals surface area contributed by atoms with E-state index in [4.69, 9.17) is 0 Å². The van der Waals surface area contributed by atoms with Crippen LogP contribution in [0.1, 0.15) is 32.6 Å². The Hall–Kier alpha value is -1.17. The predicted molar refractivity (Wildman–Crippen MR) is 79.0 cm³/mol. The van der Waals surface area contributed by atoms with E-state index in [1.165, 1.54) is 0 Å². The van der Waals surface area contributed by atoms with Crippen LogP contribution in [-0.4, -0.2) is 24.1 Å². The van der Waals surface area contributed by atoms with Crippen LogP contribution in [0.5, 0.6) is 0 Å². The molecule has 1 amide bonds. The van der Waals surface area contributed by atoms with E-state index in [-0.39, 0.29) is 5.91 Å². The average molecular weight is 281 g/mol. The minimum atomic E-state index is -2.92. The number of para-hydroxylation sites is 1. The summed E-state index contributed by atoms with van der Waals surface area (Å²) in [4.78, 5) is 30.7. The standard InChI is InChI=1S/C14H23NO3Si/c1-2-19(17,18)12-8-4-7-11-14(16)15-13-9-5-3-6-10-13/h3,5-6,9-10,17-18H,2,4,7-8,11-12H2,1H3,(H,15,16). The molecule has 1 aromatic carbocycles. The highest BCUT2D eigenvalue weighted by molar-refractivity contribution is 6.64. The molecule has 0 aliphatic carbocycles. The van der Waals surface area contributed by atoms with Gasteiger partial charge in [0.15, 0.2) is 0 Å². The highest BCUT2D eigenvalue weighted by Crippen LogP contribution is 2.14. The van der Waals surface area contributed by atoms with E-state index >= 15 is 0 Å². The molecular formula is C14H23NO3Si. The van der Waals surface area contributed by atoms with Crippen molar-refractivity contribution in [2.24, 2.45) is 0 Å². The lowest BCUT2D eigenvalue weighted by molar-refractivity contribution is -0.116. The van der Waals surface area contributed by atoms with Crippen LogP contribution < -0.4 is 5.32 Å². The minimum absolute atomic E-state index is 0.0122. The summed E-state index contributed by atoms with van der Waals surface area (Å²) in [6, 6.07) is 10.4. The van der Waals surface area contributed by atoms with Gasteiger partial charge < -0.3 is 14.9 Å². The molecule has 1 rings (SSSR count). The topological polar surface area (TPSA) is 69.6 Å². The minimum Gasteiger partial charge on any atom is -0.411 e. The Bertz CT molecular complexity index is 382. The fraction of sp³-hybridized carbons (Fsp3) is 0.500. The lowest BCUT2D eigenvalue weighted by Crippen LogP contribution is -2.32. The molecule has 0 unspecified atom stereocenters. The van der Waals surface area contributed by atoms with Gasteiger partial charge in [0.25, 0.3) is 0 Å². The SMILES string of the molecule is CC[Si](O)(O)CCCCCC(=O)Nc1ccccc1. The number of rotatable bonds is 8. The van der Waals surface area contributed by atoms with Crippen LogP contribution in [0.15, 0.2) is 30.3 Å². The first-order valence-corrected chi connectivity index (χ1v) is 9.14. The summed E-state index contributed by atoms with van der Waals surface area (Å²) >= 11 is 0. The molecule has 0 saturated heterocycles. The summed E-state index contributed by atoms with van der Waals surface area (Å²) in [7, 11) is -2.92. The Balaban J connectivity index is 2.11. The van der Waals surface area contributed by atoms with Gasteiger partial charge in [-0.2, -0.15) is 0 Å². The number of unbranched alkanes of at least 4 members (excludes halogenated alkanes) is 2. The Morgan fingerprint density at radius 2 is 1.84 bits per heavy atom. The van der Waals surface area contributed by atoms with Gasteiger partial charge in [0, 0.05) is 12.1 Å². The Morgan fingerprint density at radius 3 is 2.47 bits per heavy atom. The molecule has 0 aromatic heterocycles. The van der Waals surface area contributed by atoms with Gasteiger partial charge in [-0.1, -0.05) is 38.0 Å². The van der Waals surface area contributed by atoms with Crippen molar-refractivity contribution >= 4 is 20.2 Å². The number of carbonyl (C=O) groups is 1. The van der Waals surface area contributed by atoms with Crippen molar-refractivity contribution in [1.29, 1.82) is 0 Å². The maximum atomic E-state index is 11.6. The van der Waals surface area contributed by atoms with Crippen LogP contribution in [0.25, 0.3) is 0 Å². The highest BCUT2D eigenvalue weighted by atomic mass is 28.4. The predicted octanol–water partition coefficient (Wildman–Crippen LogP) is 2.63. The van der Waals surface area contributed by atoms with Crippen LogP contribution in [-0.2, 0) is 4.79 Å². The normalized spacial score (nSPS) is 11.3. The number of benzene rings is 1. The quantitative estimate of drug-likeness (QED) is 0.507. The van der Waals surface area contributed by atoms with Crippen LogP contribution in [0, 0.1) is 0 Å². The van der Waals surface area contributed by atoms with E-state index in [0.717, 1.165) is 24.9 Å². The van der Waals surface area contributed by atoms with E-state index in [1.807, 2.05) is 30.3 Å². The zero-order chi connectivity index (χ0) is 14.1. The molecule has 0 bridgehead atoms. The second-order valence-electron chi connectivity index (χ2n) is 4.81. The number of hydrogen-bond donors (Lipinski definition) is 3. The zero-order valence-corrected chi connectivity index (χ0v) is 12.4. The van der Waals surface area contributed by atoms with Gasteiger partial charge in [-0.3, -0.25) is 4.79 Å². The summed E-state index contributed by atoms with van der Waals surface area (Å²) in [5, 5.41) is 2.83. The van der Waals surface area contributed by atoms with Gasteiger partial charge >= 0.3 is 8.56 Å². The maximum Gasteiger partial charge on any atom is 0.332 e. The van der Waals surface area contributed by atoms with Crippen molar-refractivity contribution < 1.29 is 14.4 Å². The van der Waals surface area contributed by atoms with Crippen molar-refractivity contribution in [2.75, 3.05) is 5.32 Å². The molecule has 0 aliphatic heterocycles. The second kappa shape index (κ2) is 8.09. The number of carbonyl (C=O) groups excluding carboxylic acids is 1. The second-order valence-corrected chi connectivity index (χ2v) is 7.98. The van der Waals surface area contributed by atoms with Crippen molar-refractivity contribution in [3.63, 3.8) is 0 Å². The first kappa shape index (κ1) is 15.9. The van der Waals surface area contributed by atoms with Crippen LogP contribution >= 0.6 is 0 Å². The molecule has 0 fully saturated rings. The molecule has 0 heterocycles. The molecule has 0 spiro atoms. The molecule has 19 heavy (non-hydrogen) atoms. The molecule has 3 N–H and O–H groups in total. The van der Waals surface area contributed by atoms with Gasteiger partial charge in [-0.05, 0) is 30.6 Å². The van der Waals surface area contributed by atoms with Gasteiger partial charge in [0.05, 0.1) is 0 Å². The number of anilines is 1. The zero-order valence-electron chi connectivity index (χ0n) is 11.4. The third kappa shape index (κ3) is 7.10. The van der Waals surface area contributed by atoms with Crippen LogP contribution in [0.3, 0.4) is 0 Å². The van der Waals surface area contributed by atoms with E-state index in [9.17, 15) is 14.4 Å². The number of hydrogen-bond acceptors (Lipinski definition) is 3. The van der Waals surface area contributed by atoms with Gasteiger partial charge in [0.2, 0.25) is 5.91 Å². The van der Waals surface area contributed by atoms with E-state index in [0.29, 0.717) is 18.5 Å². The first-order chi connectivity index (χ1) is 9.03. The summed E-state index contributed by atoms with van der Waals surface area (Å²) in [6.07, 6.45) is 2.91. The van der Waals surface area contributed by atoms with Gasteiger partial charge in [0.1, 0.15) is 0 Å². The van der Waals surface area contributed by atoms with E-state index in [2.05, 4.69) is 5.32 Å². The molecule has 0 atom stereocenters. The van der Waals surface area contributed by atoms with E-state index < -0.39 is 8.56 Å². The third-order valence-corrected chi connectivity index (χ3v) is 5.39.